The van der Waals surface area contributed by atoms with E-state index < -0.39 is 11.7 Å². The third kappa shape index (κ3) is 11.2. The first-order valence-electron chi connectivity index (χ1n) is 9.94. The van der Waals surface area contributed by atoms with E-state index in [0.717, 1.165) is 24.8 Å². The van der Waals surface area contributed by atoms with Gasteiger partial charge >= 0.3 is 6.09 Å². The van der Waals surface area contributed by atoms with E-state index in [4.69, 9.17) is 4.74 Å². The number of nitrogens with one attached hydrogen (secondary N) is 3. The standard InChI is InChI=1S/C19H39N5O2/c1-16-8-14-24(15-9-16)13-7-6-10-21-17(20-5)22-11-12-23-18(25)26-19(2,3)4/h16H,6-15H2,1-5H3,(H,23,25)(H2,20,21,22). The van der Waals surface area contributed by atoms with Gasteiger partial charge in [0, 0.05) is 26.7 Å². The van der Waals surface area contributed by atoms with Crippen LogP contribution in [0.5, 0.6) is 0 Å². The molecule has 0 bridgehead atoms. The number of carbonyl (C=O) groups excluding carboxylic acids is 1. The second-order valence-corrected chi connectivity index (χ2v) is 8.09. The maximum atomic E-state index is 11.6. The van der Waals surface area contributed by atoms with E-state index in [2.05, 4.69) is 32.8 Å². The first-order chi connectivity index (χ1) is 12.3. The molecule has 0 aliphatic carbocycles. The summed E-state index contributed by atoms with van der Waals surface area (Å²) >= 11 is 0. The van der Waals surface area contributed by atoms with Gasteiger partial charge in [0.15, 0.2) is 5.96 Å². The Morgan fingerprint density at radius 3 is 2.31 bits per heavy atom. The summed E-state index contributed by atoms with van der Waals surface area (Å²) in [5.74, 6) is 1.66. The fourth-order valence-corrected chi connectivity index (χ4v) is 2.83. The van der Waals surface area contributed by atoms with Gasteiger partial charge in [-0.1, -0.05) is 6.92 Å². The smallest absolute Gasteiger partial charge is 0.407 e. The highest BCUT2D eigenvalue weighted by molar-refractivity contribution is 5.79. The van der Waals surface area contributed by atoms with Gasteiger partial charge in [0.2, 0.25) is 0 Å². The number of hydrogen-bond acceptors (Lipinski definition) is 4. The van der Waals surface area contributed by atoms with E-state index in [0.29, 0.717) is 13.1 Å². The van der Waals surface area contributed by atoms with Crippen molar-refractivity contribution in [1.29, 1.82) is 0 Å². The first-order valence-corrected chi connectivity index (χ1v) is 9.94. The molecule has 3 N–H and O–H groups in total. The highest BCUT2D eigenvalue weighted by atomic mass is 16.6. The molecule has 26 heavy (non-hydrogen) atoms. The lowest BCUT2D eigenvalue weighted by Crippen LogP contribution is -2.42. The summed E-state index contributed by atoms with van der Waals surface area (Å²) in [4.78, 5) is 18.3. The third-order valence-corrected chi connectivity index (χ3v) is 4.38. The van der Waals surface area contributed by atoms with Crippen LogP contribution in [0.4, 0.5) is 4.79 Å². The molecule has 1 fully saturated rings. The minimum atomic E-state index is -0.471. The number of rotatable bonds is 8. The van der Waals surface area contributed by atoms with Gasteiger partial charge in [0.25, 0.3) is 0 Å². The van der Waals surface area contributed by atoms with Gasteiger partial charge in [-0.3, -0.25) is 4.99 Å². The van der Waals surface area contributed by atoms with Crippen LogP contribution in [0.15, 0.2) is 4.99 Å². The van der Waals surface area contributed by atoms with Gasteiger partial charge in [-0.2, -0.15) is 0 Å². The predicted molar refractivity (Wildman–Crippen MR) is 108 cm³/mol. The highest BCUT2D eigenvalue weighted by Gasteiger charge is 2.16. The van der Waals surface area contributed by atoms with Crippen molar-refractivity contribution in [3.63, 3.8) is 0 Å². The van der Waals surface area contributed by atoms with Crippen molar-refractivity contribution in [2.45, 2.75) is 59.0 Å². The Hall–Kier alpha value is -1.50. The van der Waals surface area contributed by atoms with Crippen molar-refractivity contribution >= 4 is 12.1 Å². The van der Waals surface area contributed by atoms with Crippen LogP contribution in [0, 0.1) is 5.92 Å². The molecule has 152 valence electrons. The average molecular weight is 370 g/mol. The van der Waals surface area contributed by atoms with Gasteiger partial charge in [-0.15, -0.1) is 0 Å². The van der Waals surface area contributed by atoms with Crippen LogP contribution in [0.3, 0.4) is 0 Å². The van der Waals surface area contributed by atoms with Crippen LogP contribution in [-0.2, 0) is 4.74 Å². The van der Waals surface area contributed by atoms with Gasteiger partial charge in [0.05, 0.1) is 0 Å². The van der Waals surface area contributed by atoms with E-state index >= 15 is 0 Å². The summed E-state index contributed by atoms with van der Waals surface area (Å²) in [5.41, 5.74) is -0.471. The maximum Gasteiger partial charge on any atom is 0.407 e. The molecule has 1 aliphatic heterocycles. The lowest BCUT2D eigenvalue weighted by Gasteiger charge is -2.30. The molecule has 0 saturated carbocycles. The third-order valence-electron chi connectivity index (χ3n) is 4.38. The minimum Gasteiger partial charge on any atom is -0.444 e. The average Bonchev–Trinajstić information content (AvgIpc) is 2.56. The Balaban J connectivity index is 2.02. The Bertz CT molecular complexity index is 426. The lowest BCUT2D eigenvalue weighted by molar-refractivity contribution is 0.0529. The molecule has 0 radical (unpaired) electrons. The van der Waals surface area contributed by atoms with Gasteiger partial charge < -0.3 is 25.6 Å². The number of likely N-dealkylation sites (tertiary alicyclic amines) is 1. The molecular weight excluding hydrogens is 330 g/mol. The second kappa shape index (κ2) is 12.0. The van der Waals surface area contributed by atoms with Crippen LogP contribution in [-0.4, -0.2) is 68.9 Å². The van der Waals surface area contributed by atoms with Gasteiger partial charge in [-0.05, 0) is 72.0 Å². The van der Waals surface area contributed by atoms with Crippen LogP contribution in [0.2, 0.25) is 0 Å². The lowest BCUT2D eigenvalue weighted by atomic mass is 9.99. The molecule has 0 spiro atoms. The molecular formula is C19H39N5O2. The molecule has 0 aromatic heterocycles. The number of amides is 1. The van der Waals surface area contributed by atoms with Crippen molar-refractivity contribution in [2.75, 3.05) is 46.3 Å². The fourth-order valence-electron chi connectivity index (χ4n) is 2.83. The molecule has 1 heterocycles. The quantitative estimate of drug-likeness (QED) is 0.347. The molecule has 1 amide bonds. The number of hydrogen-bond donors (Lipinski definition) is 3. The predicted octanol–water partition coefficient (Wildman–Crippen LogP) is 2.19. The molecule has 1 aliphatic rings. The van der Waals surface area contributed by atoms with Crippen LogP contribution in [0.25, 0.3) is 0 Å². The zero-order valence-electron chi connectivity index (χ0n) is 17.4. The fraction of sp³-hybridized carbons (Fsp3) is 0.895. The van der Waals surface area contributed by atoms with E-state index in [1.54, 1.807) is 7.05 Å². The molecule has 7 heteroatoms. The zero-order valence-corrected chi connectivity index (χ0v) is 17.4. The SMILES string of the molecule is CN=C(NCCCCN1CCC(C)CC1)NCCNC(=O)OC(C)(C)C. The molecule has 1 saturated heterocycles. The number of aliphatic imine (C=N–C) groups is 1. The Morgan fingerprint density at radius 1 is 1.08 bits per heavy atom. The van der Waals surface area contributed by atoms with E-state index in [1.807, 2.05) is 20.8 Å². The van der Waals surface area contributed by atoms with Crippen molar-refractivity contribution < 1.29 is 9.53 Å². The summed E-state index contributed by atoms with van der Waals surface area (Å²) in [5, 5.41) is 9.23. The van der Waals surface area contributed by atoms with E-state index in [9.17, 15) is 4.79 Å². The van der Waals surface area contributed by atoms with E-state index in [1.165, 1.54) is 38.9 Å². The minimum absolute atomic E-state index is 0.394. The second-order valence-electron chi connectivity index (χ2n) is 8.09. The topological polar surface area (TPSA) is 78.0 Å². The van der Waals surface area contributed by atoms with Crippen molar-refractivity contribution in [3.05, 3.63) is 0 Å². The number of carbonyl (C=O) groups is 1. The first kappa shape index (κ1) is 22.5. The van der Waals surface area contributed by atoms with Crippen LogP contribution >= 0.6 is 0 Å². The molecule has 1 rings (SSSR count). The Morgan fingerprint density at radius 2 is 1.69 bits per heavy atom. The number of guanidine groups is 1. The molecule has 0 aromatic rings. The Labute approximate surface area is 159 Å². The number of unbranched alkanes of at least 4 members (excludes halogenated alkanes) is 1. The number of piperidine rings is 1. The van der Waals surface area contributed by atoms with E-state index in [-0.39, 0.29) is 0 Å². The normalized spacial score (nSPS) is 17.0. The molecule has 0 aromatic carbocycles. The summed E-state index contributed by atoms with van der Waals surface area (Å²) < 4.78 is 5.19. The molecule has 7 nitrogen and oxygen atoms in total. The van der Waals surface area contributed by atoms with Crippen LogP contribution < -0.4 is 16.0 Å². The molecule has 0 unspecified atom stereocenters. The summed E-state index contributed by atoms with van der Waals surface area (Å²) in [7, 11) is 1.76. The van der Waals surface area contributed by atoms with Gasteiger partial charge in [0.1, 0.15) is 5.60 Å². The highest BCUT2D eigenvalue weighted by Crippen LogP contribution is 2.16. The van der Waals surface area contributed by atoms with Gasteiger partial charge in [-0.25, -0.2) is 4.79 Å². The summed E-state index contributed by atoms with van der Waals surface area (Å²) in [6, 6.07) is 0. The number of ether oxygens (including phenoxy) is 1. The monoisotopic (exact) mass is 369 g/mol. The number of alkyl carbamates (subject to hydrolysis) is 1. The van der Waals surface area contributed by atoms with Crippen molar-refractivity contribution in [1.82, 2.24) is 20.9 Å². The van der Waals surface area contributed by atoms with Crippen molar-refractivity contribution in [2.24, 2.45) is 10.9 Å². The molecule has 0 atom stereocenters. The number of nitrogens with zero attached hydrogens (tertiary/aromatic N) is 2. The summed E-state index contributed by atoms with van der Waals surface area (Å²) in [6.07, 6.45) is 4.62. The zero-order chi connectivity index (χ0) is 19.4. The Kier molecular flexibility index (Phi) is 10.4. The summed E-state index contributed by atoms with van der Waals surface area (Å²) in [6.45, 7) is 13.6. The maximum absolute atomic E-state index is 11.6. The van der Waals surface area contributed by atoms with Crippen molar-refractivity contribution in [3.8, 4) is 0 Å². The van der Waals surface area contributed by atoms with Crippen LogP contribution in [0.1, 0.15) is 53.4 Å². The largest absolute Gasteiger partial charge is 0.444 e.